The van der Waals surface area contributed by atoms with E-state index in [2.05, 4.69) is 29.9 Å². The predicted molar refractivity (Wildman–Crippen MR) is 86.3 cm³/mol. The molecule has 0 saturated heterocycles. The number of hydrogen-bond donors (Lipinski definition) is 1. The lowest BCUT2D eigenvalue weighted by Gasteiger charge is -2.19. The van der Waals surface area contributed by atoms with Gasteiger partial charge in [-0.05, 0) is 30.5 Å². The van der Waals surface area contributed by atoms with E-state index in [0.29, 0.717) is 18.4 Å². The summed E-state index contributed by atoms with van der Waals surface area (Å²) in [6.07, 6.45) is -5.69. The van der Waals surface area contributed by atoms with Crippen LogP contribution in [0.4, 0.5) is 32.3 Å². The standard InChI is InChI=1S/C17H11F6N5O/c18-16(19,20)11-3-1-2-10(6-11)15(4-5-15)26-14-24-7-9(8-25-14)12-27-28-13(29-12)17(21,22)23/h1-3,6-8H,4-5H2,(H,24,25,26). The highest BCUT2D eigenvalue weighted by molar-refractivity contribution is 5.51. The lowest BCUT2D eigenvalue weighted by atomic mass is 10.0. The molecule has 0 atom stereocenters. The van der Waals surface area contributed by atoms with Gasteiger partial charge in [0.2, 0.25) is 5.95 Å². The summed E-state index contributed by atoms with van der Waals surface area (Å²) in [5.41, 5.74) is -0.957. The first kappa shape index (κ1) is 19.2. The molecule has 6 nitrogen and oxygen atoms in total. The van der Waals surface area contributed by atoms with Crippen LogP contribution >= 0.6 is 0 Å². The molecule has 1 N–H and O–H groups in total. The van der Waals surface area contributed by atoms with Crippen LogP contribution < -0.4 is 5.32 Å². The first-order valence-corrected chi connectivity index (χ1v) is 8.26. The number of nitrogens with one attached hydrogen (secondary N) is 1. The van der Waals surface area contributed by atoms with Crippen LogP contribution in [-0.4, -0.2) is 20.2 Å². The van der Waals surface area contributed by atoms with Gasteiger partial charge in [0.1, 0.15) is 0 Å². The number of nitrogens with zero attached hydrogens (tertiary/aromatic N) is 4. The van der Waals surface area contributed by atoms with E-state index in [1.807, 2.05) is 0 Å². The molecule has 0 aliphatic heterocycles. The fourth-order valence-corrected chi connectivity index (χ4v) is 2.78. The van der Waals surface area contributed by atoms with Crippen molar-refractivity contribution >= 4 is 5.95 Å². The Kier molecular flexibility index (Phi) is 4.24. The van der Waals surface area contributed by atoms with Crippen LogP contribution in [0.25, 0.3) is 11.5 Å². The zero-order valence-electron chi connectivity index (χ0n) is 14.3. The second-order valence-corrected chi connectivity index (χ2v) is 6.49. The molecule has 1 aliphatic rings. The summed E-state index contributed by atoms with van der Waals surface area (Å²) in [4.78, 5) is 7.99. The van der Waals surface area contributed by atoms with Crippen molar-refractivity contribution in [1.82, 2.24) is 20.2 Å². The van der Waals surface area contributed by atoms with Crippen molar-refractivity contribution in [3.63, 3.8) is 0 Å². The van der Waals surface area contributed by atoms with Crippen molar-refractivity contribution in [2.24, 2.45) is 0 Å². The van der Waals surface area contributed by atoms with Gasteiger partial charge in [-0.15, -0.1) is 10.2 Å². The summed E-state index contributed by atoms with van der Waals surface area (Å²) in [6, 6.07) is 4.98. The van der Waals surface area contributed by atoms with Gasteiger partial charge in [-0.1, -0.05) is 12.1 Å². The maximum Gasteiger partial charge on any atom is 0.470 e. The molecule has 0 radical (unpaired) electrons. The van der Waals surface area contributed by atoms with E-state index in [1.54, 1.807) is 6.07 Å². The van der Waals surface area contributed by atoms with Crippen LogP contribution in [0, 0.1) is 0 Å². The summed E-state index contributed by atoms with van der Waals surface area (Å²) in [5.74, 6) is -1.78. The summed E-state index contributed by atoms with van der Waals surface area (Å²) in [5, 5.41) is 9.22. The molecule has 1 saturated carbocycles. The zero-order chi connectivity index (χ0) is 20.9. The maximum absolute atomic E-state index is 12.9. The van der Waals surface area contributed by atoms with E-state index < -0.39 is 35.2 Å². The minimum Gasteiger partial charge on any atom is -0.413 e. The van der Waals surface area contributed by atoms with Crippen molar-refractivity contribution < 1.29 is 30.8 Å². The molecule has 152 valence electrons. The van der Waals surface area contributed by atoms with Crippen molar-refractivity contribution in [1.29, 1.82) is 0 Å². The summed E-state index contributed by atoms with van der Waals surface area (Å²) in [6.45, 7) is 0. The highest BCUT2D eigenvalue weighted by Crippen LogP contribution is 2.48. The third-order valence-corrected chi connectivity index (χ3v) is 4.41. The quantitative estimate of drug-likeness (QED) is 0.625. The number of alkyl halides is 6. The van der Waals surface area contributed by atoms with E-state index in [1.165, 1.54) is 18.5 Å². The smallest absolute Gasteiger partial charge is 0.413 e. The highest BCUT2D eigenvalue weighted by Gasteiger charge is 2.46. The minimum absolute atomic E-state index is 0.0717. The molecule has 2 heterocycles. The van der Waals surface area contributed by atoms with Crippen molar-refractivity contribution in [3.05, 3.63) is 53.7 Å². The molecular formula is C17H11F6N5O. The Morgan fingerprint density at radius 1 is 0.931 bits per heavy atom. The Bertz CT molecular complexity index is 1020. The van der Waals surface area contributed by atoms with Crippen LogP contribution in [0.15, 0.2) is 41.1 Å². The van der Waals surface area contributed by atoms with Gasteiger partial charge < -0.3 is 9.73 Å². The van der Waals surface area contributed by atoms with Crippen LogP contribution in [0.3, 0.4) is 0 Å². The third-order valence-electron chi connectivity index (χ3n) is 4.41. The first-order valence-electron chi connectivity index (χ1n) is 8.26. The lowest BCUT2D eigenvalue weighted by Crippen LogP contribution is -2.21. The van der Waals surface area contributed by atoms with Gasteiger partial charge in [0.25, 0.3) is 5.89 Å². The molecule has 12 heteroatoms. The van der Waals surface area contributed by atoms with Gasteiger partial charge in [-0.2, -0.15) is 26.3 Å². The van der Waals surface area contributed by atoms with E-state index in [0.717, 1.165) is 12.1 Å². The number of rotatable bonds is 4. The van der Waals surface area contributed by atoms with Gasteiger partial charge in [-0.3, -0.25) is 0 Å². The molecule has 4 rings (SSSR count). The second-order valence-electron chi connectivity index (χ2n) is 6.49. The summed E-state index contributed by atoms with van der Waals surface area (Å²) < 4.78 is 81.0. The van der Waals surface area contributed by atoms with Crippen LogP contribution in [-0.2, 0) is 17.9 Å². The Balaban J connectivity index is 1.53. The van der Waals surface area contributed by atoms with E-state index >= 15 is 0 Å². The third kappa shape index (κ3) is 3.87. The van der Waals surface area contributed by atoms with E-state index in [9.17, 15) is 26.3 Å². The summed E-state index contributed by atoms with van der Waals surface area (Å²) >= 11 is 0. The van der Waals surface area contributed by atoms with Crippen molar-refractivity contribution in [2.75, 3.05) is 5.32 Å². The average molecular weight is 415 g/mol. The molecule has 2 aromatic heterocycles. The predicted octanol–water partition coefficient (Wildman–Crippen LogP) is 4.67. The molecule has 3 aromatic rings. The van der Waals surface area contributed by atoms with Gasteiger partial charge in [-0.25, -0.2) is 9.97 Å². The van der Waals surface area contributed by atoms with Gasteiger partial charge >= 0.3 is 18.2 Å². The second kappa shape index (κ2) is 6.42. The van der Waals surface area contributed by atoms with E-state index in [-0.39, 0.29) is 11.5 Å². The molecule has 0 bridgehead atoms. The molecule has 1 aromatic carbocycles. The van der Waals surface area contributed by atoms with Gasteiger partial charge in [0.15, 0.2) is 0 Å². The lowest BCUT2D eigenvalue weighted by molar-refractivity contribution is -0.157. The number of halogens is 6. The number of hydrogen-bond acceptors (Lipinski definition) is 6. The fraction of sp³-hybridized carbons (Fsp3) is 0.294. The van der Waals surface area contributed by atoms with Crippen LogP contribution in [0.1, 0.15) is 29.9 Å². The Morgan fingerprint density at radius 2 is 1.62 bits per heavy atom. The molecule has 29 heavy (non-hydrogen) atoms. The fourth-order valence-electron chi connectivity index (χ4n) is 2.78. The summed E-state index contributed by atoms with van der Waals surface area (Å²) in [7, 11) is 0. The zero-order valence-corrected chi connectivity index (χ0v) is 14.3. The van der Waals surface area contributed by atoms with Crippen LogP contribution in [0.5, 0.6) is 0 Å². The van der Waals surface area contributed by atoms with Crippen molar-refractivity contribution in [2.45, 2.75) is 30.7 Å². The van der Waals surface area contributed by atoms with Gasteiger partial charge in [0.05, 0.1) is 16.7 Å². The monoisotopic (exact) mass is 415 g/mol. The SMILES string of the molecule is FC(F)(F)c1cccc(C2(Nc3ncc(-c4nnc(C(F)(F)F)o4)cn3)CC2)c1. The van der Waals surface area contributed by atoms with Crippen molar-refractivity contribution in [3.8, 4) is 11.5 Å². The van der Waals surface area contributed by atoms with Crippen LogP contribution in [0.2, 0.25) is 0 Å². The minimum atomic E-state index is -4.77. The molecule has 0 amide bonds. The number of aromatic nitrogens is 4. The molecular weight excluding hydrogens is 404 g/mol. The Labute approximate surface area is 159 Å². The largest absolute Gasteiger partial charge is 0.470 e. The topological polar surface area (TPSA) is 76.7 Å². The molecule has 1 fully saturated rings. The Hall–Kier alpha value is -3.18. The molecule has 0 spiro atoms. The molecule has 0 unspecified atom stereocenters. The van der Waals surface area contributed by atoms with E-state index in [4.69, 9.17) is 0 Å². The number of anilines is 1. The highest BCUT2D eigenvalue weighted by atomic mass is 19.4. The normalized spacial score (nSPS) is 15.9. The maximum atomic E-state index is 12.9. The average Bonchev–Trinajstić information content (AvgIpc) is 3.25. The Morgan fingerprint density at radius 3 is 2.17 bits per heavy atom. The number of benzene rings is 1. The first-order chi connectivity index (χ1) is 13.6. The van der Waals surface area contributed by atoms with Gasteiger partial charge in [0, 0.05) is 12.4 Å². The molecule has 1 aliphatic carbocycles.